The molecule has 0 aliphatic carbocycles. The smallest absolute Gasteiger partial charge is 0.260 e. The van der Waals surface area contributed by atoms with E-state index >= 15 is 0 Å². The van der Waals surface area contributed by atoms with Crippen molar-refractivity contribution in [2.75, 3.05) is 38.7 Å². The predicted molar refractivity (Wildman–Crippen MR) is 117 cm³/mol. The van der Waals surface area contributed by atoms with E-state index in [4.69, 9.17) is 9.72 Å². The number of anilines is 1. The van der Waals surface area contributed by atoms with Crippen LogP contribution in [0.15, 0.2) is 42.5 Å². The SMILES string of the molecule is CCOc1cccc2sc(N(CCCN(C)C)C(=O)c3ccc(C)cc3)nc12. The number of aromatic nitrogens is 1. The number of rotatable bonds is 8. The summed E-state index contributed by atoms with van der Waals surface area (Å²) in [5.74, 6) is 0.745. The molecule has 5 nitrogen and oxygen atoms in total. The summed E-state index contributed by atoms with van der Waals surface area (Å²) in [5, 5.41) is 0.714. The molecule has 0 unspecified atom stereocenters. The van der Waals surface area contributed by atoms with Gasteiger partial charge in [0, 0.05) is 12.1 Å². The molecule has 2 aromatic carbocycles. The first-order valence-electron chi connectivity index (χ1n) is 9.55. The summed E-state index contributed by atoms with van der Waals surface area (Å²) in [6.07, 6.45) is 0.874. The van der Waals surface area contributed by atoms with Crippen LogP contribution in [0, 0.1) is 6.92 Å². The number of hydrogen-bond donors (Lipinski definition) is 0. The Morgan fingerprint density at radius 3 is 2.54 bits per heavy atom. The van der Waals surface area contributed by atoms with Crippen LogP contribution >= 0.6 is 11.3 Å². The lowest BCUT2D eigenvalue weighted by Gasteiger charge is -2.21. The fourth-order valence-electron chi connectivity index (χ4n) is 2.98. The highest BCUT2D eigenvalue weighted by molar-refractivity contribution is 7.22. The molecule has 0 N–H and O–H groups in total. The molecule has 28 heavy (non-hydrogen) atoms. The van der Waals surface area contributed by atoms with Crippen molar-refractivity contribution in [1.29, 1.82) is 0 Å². The quantitative estimate of drug-likeness (QED) is 0.557. The fourth-order valence-corrected chi connectivity index (χ4v) is 3.99. The van der Waals surface area contributed by atoms with Gasteiger partial charge in [0.05, 0.1) is 11.3 Å². The van der Waals surface area contributed by atoms with Gasteiger partial charge in [-0.15, -0.1) is 0 Å². The maximum atomic E-state index is 13.3. The third-order valence-electron chi connectivity index (χ3n) is 4.43. The standard InChI is InChI=1S/C22H27N3O2S/c1-5-27-18-8-6-9-19-20(18)23-22(28-19)25(15-7-14-24(3)4)21(26)17-12-10-16(2)11-13-17/h6,8-13H,5,7,14-15H2,1-4H3. The summed E-state index contributed by atoms with van der Waals surface area (Å²) < 4.78 is 6.74. The van der Waals surface area contributed by atoms with Gasteiger partial charge in [-0.25, -0.2) is 4.98 Å². The largest absolute Gasteiger partial charge is 0.492 e. The average molecular weight is 398 g/mol. The Hall–Kier alpha value is -2.44. The minimum Gasteiger partial charge on any atom is -0.492 e. The van der Waals surface area contributed by atoms with Gasteiger partial charge in [-0.2, -0.15) is 0 Å². The maximum Gasteiger partial charge on any atom is 0.260 e. The number of hydrogen-bond acceptors (Lipinski definition) is 5. The van der Waals surface area contributed by atoms with Gasteiger partial charge >= 0.3 is 0 Å². The lowest BCUT2D eigenvalue weighted by atomic mass is 10.1. The molecule has 0 radical (unpaired) electrons. The number of nitrogens with zero attached hydrogens (tertiary/aromatic N) is 3. The molecular formula is C22H27N3O2S. The van der Waals surface area contributed by atoms with E-state index in [0.29, 0.717) is 23.8 Å². The molecule has 3 aromatic rings. The number of carbonyl (C=O) groups is 1. The number of benzene rings is 2. The van der Waals surface area contributed by atoms with E-state index in [1.54, 1.807) is 4.90 Å². The number of ether oxygens (including phenoxy) is 1. The third-order valence-corrected chi connectivity index (χ3v) is 5.48. The molecule has 3 rings (SSSR count). The van der Waals surface area contributed by atoms with Crippen LogP contribution in [0.4, 0.5) is 5.13 Å². The van der Waals surface area contributed by atoms with Crippen LogP contribution in [0.1, 0.15) is 29.3 Å². The first-order chi connectivity index (χ1) is 13.5. The normalized spacial score (nSPS) is 11.2. The second-order valence-corrected chi connectivity index (χ2v) is 8.02. The van der Waals surface area contributed by atoms with Crippen molar-refractivity contribution in [2.24, 2.45) is 0 Å². The van der Waals surface area contributed by atoms with E-state index in [0.717, 1.165) is 34.5 Å². The molecule has 0 aliphatic heterocycles. The minimum atomic E-state index is -0.0178. The van der Waals surface area contributed by atoms with Gasteiger partial charge in [-0.1, -0.05) is 35.1 Å². The monoisotopic (exact) mass is 397 g/mol. The van der Waals surface area contributed by atoms with Crippen LogP contribution < -0.4 is 9.64 Å². The van der Waals surface area contributed by atoms with E-state index in [1.807, 2.05) is 70.4 Å². The summed E-state index contributed by atoms with van der Waals surface area (Å²) in [7, 11) is 4.08. The van der Waals surface area contributed by atoms with Crippen LogP contribution in [-0.4, -0.2) is 49.6 Å². The molecule has 6 heteroatoms. The molecule has 148 valence electrons. The lowest BCUT2D eigenvalue weighted by molar-refractivity contribution is 0.0986. The van der Waals surface area contributed by atoms with E-state index in [2.05, 4.69) is 4.90 Å². The van der Waals surface area contributed by atoms with E-state index < -0.39 is 0 Å². The third kappa shape index (κ3) is 4.69. The number of aryl methyl sites for hydroxylation is 1. The van der Waals surface area contributed by atoms with Crippen molar-refractivity contribution < 1.29 is 9.53 Å². The Bertz CT molecular complexity index is 935. The zero-order valence-corrected chi connectivity index (χ0v) is 17.8. The molecule has 1 aromatic heterocycles. The van der Waals surface area contributed by atoms with Gasteiger partial charge in [-0.3, -0.25) is 9.69 Å². The van der Waals surface area contributed by atoms with Crippen LogP contribution in [-0.2, 0) is 0 Å². The van der Waals surface area contributed by atoms with E-state index in [9.17, 15) is 4.79 Å². The summed E-state index contributed by atoms with van der Waals surface area (Å²) >= 11 is 1.53. The molecular weight excluding hydrogens is 370 g/mol. The molecule has 1 heterocycles. The predicted octanol–water partition coefficient (Wildman–Crippen LogP) is 4.60. The van der Waals surface area contributed by atoms with Crippen molar-refractivity contribution in [3.05, 3.63) is 53.6 Å². The molecule has 1 amide bonds. The van der Waals surface area contributed by atoms with Gasteiger partial charge < -0.3 is 9.64 Å². The van der Waals surface area contributed by atoms with Gasteiger partial charge in [0.15, 0.2) is 5.13 Å². The van der Waals surface area contributed by atoms with Crippen LogP contribution in [0.25, 0.3) is 10.2 Å². The Kier molecular flexibility index (Phi) is 6.65. The first kappa shape index (κ1) is 20.3. The Morgan fingerprint density at radius 1 is 1.11 bits per heavy atom. The van der Waals surface area contributed by atoms with Crippen LogP contribution in [0.5, 0.6) is 5.75 Å². The molecule has 0 aliphatic rings. The summed E-state index contributed by atoms with van der Waals surface area (Å²) in [5.41, 5.74) is 2.63. The van der Waals surface area contributed by atoms with Gasteiger partial charge in [-0.05, 0) is 65.2 Å². The van der Waals surface area contributed by atoms with Gasteiger partial charge in [0.1, 0.15) is 11.3 Å². The van der Waals surface area contributed by atoms with Gasteiger partial charge in [0.2, 0.25) is 0 Å². The zero-order valence-electron chi connectivity index (χ0n) is 16.9. The number of fused-ring (bicyclic) bond motifs is 1. The Balaban J connectivity index is 1.95. The summed E-state index contributed by atoms with van der Waals surface area (Å²) in [4.78, 5) is 22.0. The molecule has 0 bridgehead atoms. The number of amides is 1. The zero-order chi connectivity index (χ0) is 20.1. The number of carbonyl (C=O) groups excluding carboxylic acids is 1. The number of para-hydroxylation sites is 1. The van der Waals surface area contributed by atoms with E-state index in [-0.39, 0.29) is 5.91 Å². The fraction of sp³-hybridized carbons (Fsp3) is 0.364. The highest BCUT2D eigenvalue weighted by Gasteiger charge is 2.22. The summed E-state index contributed by atoms with van der Waals surface area (Å²) in [6, 6.07) is 13.6. The van der Waals surface area contributed by atoms with Crippen molar-refractivity contribution in [3.8, 4) is 5.75 Å². The Morgan fingerprint density at radius 2 is 1.86 bits per heavy atom. The first-order valence-corrected chi connectivity index (χ1v) is 10.4. The van der Waals surface area contributed by atoms with Crippen molar-refractivity contribution in [2.45, 2.75) is 20.3 Å². The van der Waals surface area contributed by atoms with Crippen LogP contribution in [0.2, 0.25) is 0 Å². The number of thiazole rings is 1. The van der Waals surface area contributed by atoms with Crippen LogP contribution in [0.3, 0.4) is 0 Å². The minimum absolute atomic E-state index is 0.0178. The maximum absolute atomic E-state index is 13.3. The Labute approximate surface area is 170 Å². The molecule has 0 saturated carbocycles. The van der Waals surface area contributed by atoms with Crippen molar-refractivity contribution in [3.63, 3.8) is 0 Å². The highest BCUT2D eigenvalue weighted by atomic mass is 32.1. The summed E-state index contributed by atoms with van der Waals surface area (Å²) in [6.45, 7) is 6.09. The second kappa shape index (κ2) is 9.17. The topological polar surface area (TPSA) is 45.7 Å². The lowest BCUT2D eigenvalue weighted by Crippen LogP contribution is -2.33. The van der Waals surface area contributed by atoms with Gasteiger partial charge in [0.25, 0.3) is 5.91 Å². The van der Waals surface area contributed by atoms with Crippen molar-refractivity contribution in [1.82, 2.24) is 9.88 Å². The average Bonchev–Trinajstić information content (AvgIpc) is 3.10. The molecule has 0 saturated heterocycles. The van der Waals surface area contributed by atoms with E-state index in [1.165, 1.54) is 11.3 Å². The molecule has 0 fully saturated rings. The molecule has 0 atom stereocenters. The second-order valence-electron chi connectivity index (χ2n) is 7.01. The van der Waals surface area contributed by atoms with Crippen molar-refractivity contribution >= 4 is 32.6 Å². The highest BCUT2D eigenvalue weighted by Crippen LogP contribution is 2.34. The molecule has 0 spiro atoms.